The van der Waals surface area contributed by atoms with Gasteiger partial charge in [-0.2, -0.15) is 8.75 Å². The third-order valence-corrected chi connectivity index (χ3v) is 2.16. The van der Waals surface area contributed by atoms with Crippen LogP contribution in [0.15, 0.2) is 12.1 Å². The van der Waals surface area contributed by atoms with Crippen molar-refractivity contribution in [3.63, 3.8) is 0 Å². The standard InChI is InChI=1S/C7H7N3OS/c1-11-7-4(8)2-3-5-6(7)10-12-9-5/h2-3H,8H2,1H3. The molecule has 5 heteroatoms. The van der Waals surface area contributed by atoms with Gasteiger partial charge in [-0.05, 0) is 12.1 Å². The maximum absolute atomic E-state index is 5.67. The second-order valence-electron chi connectivity index (χ2n) is 2.32. The number of rotatable bonds is 1. The van der Waals surface area contributed by atoms with E-state index in [1.54, 1.807) is 13.2 Å². The number of nitrogens with two attached hydrogens (primary N) is 1. The Balaban J connectivity index is 2.83. The monoisotopic (exact) mass is 181 g/mol. The Labute approximate surface area is 73.3 Å². The van der Waals surface area contributed by atoms with Gasteiger partial charge in [-0.25, -0.2) is 0 Å². The first kappa shape index (κ1) is 7.30. The van der Waals surface area contributed by atoms with Gasteiger partial charge in [0, 0.05) is 0 Å². The van der Waals surface area contributed by atoms with Crippen LogP contribution in [-0.4, -0.2) is 15.9 Å². The Morgan fingerprint density at radius 1 is 1.42 bits per heavy atom. The number of benzene rings is 1. The van der Waals surface area contributed by atoms with Crippen molar-refractivity contribution in [3.05, 3.63) is 12.1 Å². The van der Waals surface area contributed by atoms with Crippen LogP contribution in [0.1, 0.15) is 0 Å². The highest BCUT2D eigenvalue weighted by molar-refractivity contribution is 7.00. The van der Waals surface area contributed by atoms with E-state index >= 15 is 0 Å². The maximum atomic E-state index is 5.67. The molecule has 62 valence electrons. The zero-order chi connectivity index (χ0) is 8.55. The number of aromatic nitrogens is 2. The smallest absolute Gasteiger partial charge is 0.170 e. The molecule has 2 N–H and O–H groups in total. The van der Waals surface area contributed by atoms with Crippen LogP contribution in [0.4, 0.5) is 5.69 Å². The third-order valence-electron chi connectivity index (χ3n) is 1.62. The highest BCUT2D eigenvalue weighted by Gasteiger charge is 2.08. The van der Waals surface area contributed by atoms with Gasteiger partial charge in [0.05, 0.1) is 24.5 Å². The molecule has 0 aliphatic heterocycles. The van der Waals surface area contributed by atoms with E-state index in [-0.39, 0.29) is 0 Å². The number of fused-ring (bicyclic) bond motifs is 1. The summed E-state index contributed by atoms with van der Waals surface area (Å²) in [5.74, 6) is 0.612. The summed E-state index contributed by atoms with van der Waals surface area (Å²) in [6.07, 6.45) is 0. The summed E-state index contributed by atoms with van der Waals surface area (Å²) in [5.41, 5.74) is 7.83. The molecular formula is C7H7N3OS. The van der Waals surface area contributed by atoms with Crippen molar-refractivity contribution in [2.45, 2.75) is 0 Å². The summed E-state index contributed by atoms with van der Waals surface area (Å²) in [6, 6.07) is 3.60. The van der Waals surface area contributed by atoms with E-state index in [9.17, 15) is 0 Å². The van der Waals surface area contributed by atoms with Gasteiger partial charge in [0.2, 0.25) is 0 Å². The van der Waals surface area contributed by atoms with Gasteiger partial charge < -0.3 is 10.5 Å². The average molecular weight is 181 g/mol. The fraction of sp³-hybridized carbons (Fsp3) is 0.143. The fourth-order valence-electron chi connectivity index (χ4n) is 1.06. The predicted octanol–water partition coefficient (Wildman–Crippen LogP) is 1.28. The Bertz CT molecular complexity index is 412. The molecule has 0 unspecified atom stereocenters. The largest absolute Gasteiger partial charge is 0.492 e. The van der Waals surface area contributed by atoms with Crippen molar-refractivity contribution in [1.82, 2.24) is 8.75 Å². The first-order chi connectivity index (χ1) is 5.83. The molecule has 1 aromatic heterocycles. The third kappa shape index (κ3) is 0.902. The van der Waals surface area contributed by atoms with Crippen molar-refractivity contribution >= 4 is 28.4 Å². The van der Waals surface area contributed by atoms with Crippen LogP contribution in [0, 0.1) is 0 Å². The van der Waals surface area contributed by atoms with Gasteiger partial charge in [-0.3, -0.25) is 0 Å². The van der Waals surface area contributed by atoms with Gasteiger partial charge in [0.15, 0.2) is 5.75 Å². The first-order valence-corrected chi connectivity index (χ1v) is 4.10. The molecule has 0 bridgehead atoms. The number of hydrogen-bond donors (Lipinski definition) is 1. The lowest BCUT2D eigenvalue weighted by molar-refractivity contribution is 0.421. The Hall–Kier alpha value is -1.36. The molecule has 4 nitrogen and oxygen atoms in total. The van der Waals surface area contributed by atoms with Crippen LogP contribution in [0.3, 0.4) is 0 Å². The number of methoxy groups -OCH3 is 1. The Morgan fingerprint density at radius 3 is 3.00 bits per heavy atom. The SMILES string of the molecule is COc1c(N)ccc2nsnc12. The molecule has 0 amide bonds. The molecule has 12 heavy (non-hydrogen) atoms. The van der Waals surface area contributed by atoms with E-state index < -0.39 is 0 Å². The van der Waals surface area contributed by atoms with Gasteiger partial charge >= 0.3 is 0 Å². The lowest BCUT2D eigenvalue weighted by Gasteiger charge is -2.02. The van der Waals surface area contributed by atoms with E-state index in [1.807, 2.05) is 6.07 Å². The van der Waals surface area contributed by atoms with E-state index in [0.29, 0.717) is 11.4 Å². The zero-order valence-corrected chi connectivity index (χ0v) is 7.26. The summed E-state index contributed by atoms with van der Waals surface area (Å²) >= 11 is 1.16. The van der Waals surface area contributed by atoms with Crippen LogP contribution < -0.4 is 10.5 Å². The minimum atomic E-state index is 0.595. The second kappa shape index (κ2) is 2.60. The van der Waals surface area contributed by atoms with Gasteiger partial charge in [0.25, 0.3) is 0 Å². The second-order valence-corrected chi connectivity index (χ2v) is 2.85. The molecule has 0 saturated carbocycles. The number of hydrogen-bond acceptors (Lipinski definition) is 5. The van der Waals surface area contributed by atoms with E-state index in [2.05, 4.69) is 8.75 Å². The summed E-state index contributed by atoms with van der Waals surface area (Å²) in [6.45, 7) is 0. The normalized spacial score (nSPS) is 10.4. The molecule has 0 saturated heterocycles. The van der Waals surface area contributed by atoms with Crippen LogP contribution in [0.2, 0.25) is 0 Å². The summed E-state index contributed by atoms with van der Waals surface area (Å²) in [5, 5.41) is 0. The van der Waals surface area contributed by atoms with Crippen LogP contribution >= 0.6 is 11.7 Å². The molecule has 1 heterocycles. The van der Waals surface area contributed by atoms with E-state index in [4.69, 9.17) is 10.5 Å². The quantitative estimate of drug-likeness (QED) is 0.673. The highest BCUT2D eigenvalue weighted by Crippen LogP contribution is 2.29. The van der Waals surface area contributed by atoms with Gasteiger partial charge in [-0.1, -0.05) is 0 Å². The van der Waals surface area contributed by atoms with Crippen LogP contribution in [0.25, 0.3) is 11.0 Å². The van der Waals surface area contributed by atoms with Crippen LogP contribution in [0.5, 0.6) is 5.75 Å². The predicted molar refractivity (Wildman–Crippen MR) is 48.4 cm³/mol. The minimum Gasteiger partial charge on any atom is -0.492 e. The molecule has 2 rings (SSSR count). The molecule has 0 radical (unpaired) electrons. The van der Waals surface area contributed by atoms with Crippen molar-refractivity contribution in [2.24, 2.45) is 0 Å². The topological polar surface area (TPSA) is 61.0 Å². The molecule has 0 spiro atoms. The summed E-state index contributed by atoms with van der Waals surface area (Å²) in [4.78, 5) is 0. The lowest BCUT2D eigenvalue weighted by Crippen LogP contribution is -1.92. The average Bonchev–Trinajstić information content (AvgIpc) is 2.52. The molecule has 1 aromatic carbocycles. The first-order valence-electron chi connectivity index (χ1n) is 3.37. The molecule has 0 aliphatic carbocycles. The number of nitrogen functional groups attached to an aromatic ring is 1. The van der Waals surface area contributed by atoms with E-state index in [0.717, 1.165) is 22.8 Å². The molecule has 0 fully saturated rings. The summed E-state index contributed by atoms with van der Waals surface area (Å²) in [7, 11) is 1.57. The van der Waals surface area contributed by atoms with Gasteiger partial charge in [0.1, 0.15) is 11.0 Å². The number of anilines is 1. The summed E-state index contributed by atoms with van der Waals surface area (Å²) < 4.78 is 13.2. The fourth-order valence-corrected chi connectivity index (χ4v) is 1.59. The van der Waals surface area contributed by atoms with Crippen molar-refractivity contribution in [3.8, 4) is 5.75 Å². The Kier molecular flexibility index (Phi) is 1.58. The highest BCUT2D eigenvalue weighted by atomic mass is 32.1. The van der Waals surface area contributed by atoms with Crippen molar-refractivity contribution < 1.29 is 4.74 Å². The van der Waals surface area contributed by atoms with Gasteiger partial charge in [-0.15, -0.1) is 0 Å². The number of nitrogens with zero attached hydrogens (tertiary/aromatic N) is 2. The minimum absolute atomic E-state index is 0.595. The number of ether oxygens (including phenoxy) is 1. The maximum Gasteiger partial charge on any atom is 0.170 e. The lowest BCUT2D eigenvalue weighted by atomic mass is 10.2. The molecular weight excluding hydrogens is 174 g/mol. The van der Waals surface area contributed by atoms with Crippen LogP contribution in [-0.2, 0) is 0 Å². The molecule has 0 aliphatic rings. The van der Waals surface area contributed by atoms with E-state index in [1.165, 1.54) is 0 Å². The molecule has 2 aromatic rings. The van der Waals surface area contributed by atoms with Crippen molar-refractivity contribution in [1.29, 1.82) is 0 Å². The van der Waals surface area contributed by atoms with Crippen molar-refractivity contribution in [2.75, 3.05) is 12.8 Å². The molecule has 0 atom stereocenters. The Morgan fingerprint density at radius 2 is 2.25 bits per heavy atom. The zero-order valence-electron chi connectivity index (χ0n) is 6.44.